The van der Waals surface area contributed by atoms with Crippen LogP contribution in [0, 0.1) is 6.92 Å². The summed E-state index contributed by atoms with van der Waals surface area (Å²) >= 11 is 6.32. The first-order valence-electron chi connectivity index (χ1n) is 8.45. The zero-order chi connectivity index (χ0) is 15.7. The molecule has 0 bridgehead atoms. The van der Waals surface area contributed by atoms with Gasteiger partial charge in [-0.25, -0.2) is 0 Å². The lowest BCUT2D eigenvalue weighted by Gasteiger charge is -2.16. The van der Waals surface area contributed by atoms with Crippen molar-refractivity contribution in [1.29, 1.82) is 0 Å². The van der Waals surface area contributed by atoms with Crippen molar-refractivity contribution in [1.82, 2.24) is 15.1 Å². The van der Waals surface area contributed by atoms with Gasteiger partial charge in [-0.1, -0.05) is 63.5 Å². The number of halogens is 1. The largest absolute Gasteiger partial charge is 0.317 e. The molecular formula is C17H32ClN3. The average molecular weight is 314 g/mol. The van der Waals surface area contributed by atoms with Crippen molar-refractivity contribution in [3.63, 3.8) is 0 Å². The molecule has 0 aliphatic rings. The highest BCUT2D eigenvalue weighted by molar-refractivity contribution is 6.30. The van der Waals surface area contributed by atoms with Crippen LogP contribution >= 0.6 is 11.6 Å². The zero-order valence-corrected chi connectivity index (χ0v) is 15.0. The van der Waals surface area contributed by atoms with E-state index in [1.165, 1.54) is 56.9 Å². The van der Waals surface area contributed by atoms with Crippen LogP contribution in [0.15, 0.2) is 0 Å². The van der Waals surface area contributed by atoms with Crippen molar-refractivity contribution in [3.05, 3.63) is 16.4 Å². The fourth-order valence-corrected chi connectivity index (χ4v) is 3.10. The number of unbranched alkanes of at least 4 members (excludes halogenated alkanes) is 6. The molecule has 1 unspecified atom stereocenters. The molecular weight excluding hydrogens is 282 g/mol. The molecule has 21 heavy (non-hydrogen) atoms. The minimum Gasteiger partial charge on any atom is -0.317 e. The van der Waals surface area contributed by atoms with Gasteiger partial charge < -0.3 is 5.32 Å². The zero-order valence-electron chi connectivity index (χ0n) is 14.2. The SMILES string of the molecule is CCCCCCCCCC(Cc1c(C)nn(C)c1Cl)NC. The summed E-state index contributed by atoms with van der Waals surface area (Å²) in [4.78, 5) is 0. The van der Waals surface area contributed by atoms with Crippen LogP contribution in [0.4, 0.5) is 0 Å². The van der Waals surface area contributed by atoms with E-state index >= 15 is 0 Å². The lowest BCUT2D eigenvalue weighted by molar-refractivity contribution is 0.478. The lowest BCUT2D eigenvalue weighted by atomic mass is 10.00. The fraction of sp³-hybridized carbons (Fsp3) is 0.824. The molecule has 0 aliphatic carbocycles. The molecule has 1 heterocycles. The minimum atomic E-state index is 0.501. The third-order valence-electron chi connectivity index (χ3n) is 4.28. The van der Waals surface area contributed by atoms with E-state index < -0.39 is 0 Å². The maximum absolute atomic E-state index is 6.32. The number of aromatic nitrogens is 2. The number of hydrogen-bond donors (Lipinski definition) is 1. The summed E-state index contributed by atoms with van der Waals surface area (Å²) in [6.07, 6.45) is 11.7. The first kappa shape index (κ1) is 18.5. The Balaban J connectivity index is 2.29. The molecule has 0 aromatic carbocycles. The maximum atomic E-state index is 6.32. The van der Waals surface area contributed by atoms with E-state index in [4.69, 9.17) is 11.6 Å². The first-order valence-corrected chi connectivity index (χ1v) is 8.83. The molecule has 1 aromatic heterocycles. The van der Waals surface area contributed by atoms with Crippen LogP contribution < -0.4 is 5.32 Å². The second kappa shape index (κ2) is 10.2. The van der Waals surface area contributed by atoms with Crippen LogP contribution in [-0.4, -0.2) is 22.9 Å². The van der Waals surface area contributed by atoms with Gasteiger partial charge in [0, 0.05) is 18.7 Å². The topological polar surface area (TPSA) is 29.9 Å². The normalized spacial score (nSPS) is 12.8. The van der Waals surface area contributed by atoms with E-state index in [2.05, 4.69) is 17.3 Å². The first-order chi connectivity index (χ1) is 10.1. The van der Waals surface area contributed by atoms with Crippen molar-refractivity contribution in [2.45, 2.75) is 77.7 Å². The highest BCUT2D eigenvalue weighted by atomic mass is 35.5. The van der Waals surface area contributed by atoms with Crippen molar-refractivity contribution in [2.75, 3.05) is 7.05 Å². The van der Waals surface area contributed by atoms with Crippen LogP contribution in [0.1, 0.15) is 69.5 Å². The Bertz CT molecular complexity index is 401. The molecule has 3 nitrogen and oxygen atoms in total. The fourth-order valence-electron chi connectivity index (χ4n) is 2.85. The summed E-state index contributed by atoms with van der Waals surface area (Å²) in [5.74, 6) is 0. The third kappa shape index (κ3) is 6.39. The van der Waals surface area contributed by atoms with Crippen LogP contribution in [0.3, 0.4) is 0 Å². The average Bonchev–Trinajstić information content (AvgIpc) is 2.71. The highest BCUT2D eigenvalue weighted by Crippen LogP contribution is 2.21. The molecule has 0 radical (unpaired) electrons. The Kier molecular flexibility index (Phi) is 9.02. The Labute approximate surface area is 135 Å². The summed E-state index contributed by atoms with van der Waals surface area (Å²) in [5, 5.41) is 8.61. The van der Waals surface area contributed by atoms with Crippen molar-refractivity contribution in [3.8, 4) is 0 Å². The second-order valence-electron chi connectivity index (χ2n) is 6.08. The number of aryl methyl sites for hydroxylation is 2. The van der Waals surface area contributed by atoms with Crippen molar-refractivity contribution in [2.24, 2.45) is 7.05 Å². The Morgan fingerprint density at radius 1 is 1.14 bits per heavy atom. The summed E-state index contributed by atoms with van der Waals surface area (Å²) in [6.45, 7) is 4.31. The number of nitrogens with zero attached hydrogens (tertiary/aromatic N) is 2. The molecule has 0 saturated carbocycles. The standard InChI is InChI=1S/C17H32ClN3/c1-5-6-7-8-9-10-11-12-15(19-3)13-16-14(2)20-21(4)17(16)18/h15,19H,5-13H2,1-4H3. The van der Waals surface area contributed by atoms with E-state index in [-0.39, 0.29) is 0 Å². The quantitative estimate of drug-likeness (QED) is 0.602. The molecule has 1 atom stereocenters. The second-order valence-corrected chi connectivity index (χ2v) is 6.44. The number of rotatable bonds is 11. The highest BCUT2D eigenvalue weighted by Gasteiger charge is 2.15. The van der Waals surface area contributed by atoms with Crippen LogP contribution in [0.2, 0.25) is 5.15 Å². The van der Waals surface area contributed by atoms with Gasteiger partial charge in [-0.15, -0.1) is 0 Å². The summed E-state index contributed by atoms with van der Waals surface area (Å²) in [7, 11) is 3.95. The molecule has 0 saturated heterocycles. The van der Waals surface area contributed by atoms with E-state index in [0.29, 0.717) is 6.04 Å². The smallest absolute Gasteiger partial charge is 0.130 e. The van der Waals surface area contributed by atoms with Gasteiger partial charge in [-0.2, -0.15) is 5.10 Å². The third-order valence-corrected chi connectivity index (χ3v) is 4.76. The van der Waals surface area contributed by atoms with Crippen molar-refractivity contribution >= 4 is 11.6 Å². The molecule has 0 spiro atoms. The van der Waals surface area contributed by atoms with E-state index in [1.807, 2.05) is 21.0 Å². The van der Waals surface area contributed by atoms with Crippen molar-refractivity contribution < 1.29 is 0 Å². The van der Waals surface area contributed by atoms with Crippen LogP contribution in [-0.2, 0) is 13.5 Å². The van der Waals surface area contributed by atoms with E-state index in [0.717, 1.165) is 17.3 Å². The number of likely N-dealkylation sites (N-methyl/N-ethyl adjacent to an activating group) is 1. The van der Waals surface area contributed by atoms with Crippen LogP contribution in [0.5, 0.6) is 0 Å². The van der Waals surface area contributed by atoms with Crippen LogP contribution in [0.25, 0.3) is 0 Å². The minimum absolute atomic E-state index is 0.501. The summed E-state index contributed by atoms with van der Waals surface area (Å²) in [5.41, 5.74) is 2.25. The molecule has 4 heteroatoms. The van der Waals surface area contributed by atoms with Gasteiger partial charge in [0.2, 0.25) is 0 Å². The maximum Gasteiger partial charge on any atom is 0.130 e. The van der Waals surface area contributed by atoms with E-state index in [1.54, 1.807) is 4.68 Å². The van der Waals surface area contributed by atoms with E-state index in [9.17, 15) is 0 Å². The lowest BCUT2D eigenvalue weighted by Crippen LogP contribution is -2.27. The molecule has 1 rings (SSSR count). The van der Waals surface area contributed by atoms with Gasteiger partial charge in [0.25, 0.3) is 0 Å². The Morgan fingerprint density at radius 3 is 2.29 bits per heavy atom. The monoisotopic (exact) mass is 313 g/mol. The van der Waals surface area contributed by atoms with Gasteiger partial charge in [0.05, 0.1) is 5.69 Å². The molecule has 0 fully saturated rings. The van der Waals surface area contributed by atoms with Gasteiger partial charge >= 0.3 is 0 Å². The molecule has 1 aromatic rings. The van der Waals surface area contributed by atoms with Gasteiger partial charge in [-0.3, -0.25) is 4.68 Å². The molecule has 0 amide bonds. The molecule has 122 valence electrons. The number of hydrogen-bond acceptors (Lipinski definition) is 2. The van der Waals surface area contributed by atoms with Gasteiger partial charge in [-0.05, 0) is 26.8 Å². The predicted molar refractivity (Wildman–Crippen MR) is 92.1 cm³/mol. The number of nitrogens with one attached hydrogen (secondary N) is 1. The predicted octanol–water partition coefficient (Wildman–Crippen LogP) is 4.65. The summed E-state index contributed by atoms with van der Waals surface area (Å²) < 4.78 is 1.77. The van der Waals surface area contributed by atoms with Gasteiger partial charge in [0.15, 0.2) is 0 Å². The molecule has 0 aliphatic heterocycles. The van der Waals surface area contributed by atoms with Gasteiger partial charge in [0.1, 0.15) is 5.15 Å². The molecule has 1 N–H and O–H groups in total. The Hall–Kier alpha value is -0.540. The Morgan fingerprint density at radius 2 is 1.76 bits per heavy atom. The summed E-state index contributed by atoms with van der Waals surface area (Å²) in [6, 6.07) is 0.501.